The van der Waals surface area contributed by atoms with E-state index in [1.807, 2.05) is 0 Å². The summed E-state index contributed by atoms with van der Waals surface area (Å²) < 4.78 is 24.9. The van der Waals surface area contributed by atoms with Crippen molar-refractivity contribution >= 4 is 28.5 Å². The van der Waals surface area contributed by atoms with Gasteiger partial charge in [0.05, 0.1) is 17.3 Å². The fraction of sp³-hybridized carbons (Fsp3) is 0.143. The largest absolute Gasteiger partial charge is 0.505 e. The molecule has 0 aliphatic heterocycles. The minimum atomic E-state index is -2.90. The van der Waals surface area contributed by atoms with Gasteiger partial charge in [0.15, 0.2) is 0 Å². The summed E-state index contributed by atoms with van der Waals surface area (Å²) in [7, 11) is 0. The molecule has 76 valence electrons. The second-order valence-corrected chi connectivity index (χ2v) is 3.41. The maximum Gasteiger partial charge on any atom is 0.267 e. The first-order valence-corrected chi connectivity index (χ1v) is 4.48. The third-order valence-electron chi connectivity index (χ3n) is 1.51. The van der Waals surface area contributed by atoms with Gasteiger partial charge in [-0.3, -0.25) is 4.79 Å². The van der Waals surface area contributed by atoms with E-state index in [1.165, 1.54) is 0 Å². The van der Waals surface area contributed by atoms with Crippen molar-refractivity contribution < 1.29 is 18.7 Å². The molecule has 4 nitrogen and oxygen atoms in total. The minimum absolute atomic E-state index is 0.0517. The van der Waals surface area contributed by atoms with Crippen molar-refractivity contribution in [1.29, 1.82) is 0 Å². The molecule has 1 aromatic rings. The number of amides is 1. The van der Waals surface area contributed by atoms with Crippen LogP contribution in [0.5, 0.6) is 5.75 Å². The Bertz CT molecular complexity index is 384. The molecule has 0 radical (unpaired) electrons. The van der Waals surface area contributed by atoms with Crippen LogP contribution in [0, 0.1) is 3.70 Å². The Labute approximate surface area is 91.3 Å². The topological polar surface area (TPSA) is 76.2 Å². The van der Waals surface area contributed by atoms with Gasteiger partial charge in [-0.1, -0.05) is 0 Å². The molecule has 0 saturated heterocycles. The second kappa shape index (κ2) is 4.03. The van der Waals surface area contributed by atoms with Crippen molar-refractivity contribution in [2.45, 2.75) is 6.43 Å². The van der Waals surface area contributed by atoms with E-state index in [1.54, 1.807) is 22.6 Å². The highest BCUT2D eigenvalue weighted by atomic mass is 127. The maximum atomic E-state index is 12.5. The molecule has 0 aromatic carbocycles. The lowest BCUT2D eigenvalue weighted by Gasteiger charge is -2.08. The lowest BCUT2D eigenvalue weighted by molar-refractivity contribution is 0.0981. The van der Waals surface area contributed by atoms with E-state index in [0.717, 1.165) is 6.20 Å². The van der Waals surface area contributed by atoms with Crippen LogP contribution in [0.1, 0.15) is 22.3 Å². The van der Waals surface area contributed by atoms with Crippen molar-refractivity contribution in [3.63, 3.8) is 0 Å². The van der Waals surface area contributed by atoms with E-state index < -0.39 is 29.2 Å². The molecule has 0 atom stereocenters. The number of alkyl halides is 2. The molecule has 1 amide bonds. The number of carbonyl (C=O) groups is 1. The zero-order valence-corrected chi connectivity index (χ0v) is 8.83. The zero-order chi connectivity index (χ0) is 10.9. The number of hydrogen-bond acceptors (Lipinski definition) is 3. The van der Waals surface area contributed by atoms with Gasteiger partial charge < -0.3 is 10.8 Å². The van der Waals surface area contributed by atoms with E-state index in [9.17, 15) is 13.6 Å². The highest BCUT2D eigenvalue weighted by Crippen LogP contribution is 2.31. The average molecular weight is 314 g/mol. The van der Waals surface area contributed by atoms with Gasteiger partial charge in [0.2, 0.25) is 0 Å². The van der Waals surface area contributed by atoms with Crippen molar-refractivity contribution in [3.05, 3.63) is 21.0 Å². The van der Waals surface area contributed by atoms with Crippen molar-refractivity contribution in [3.8, 4) is 5.75 Å². The van der Waals surface area contributed by atoms with Gasteiger partial charge in [0.25, 0.3) is 12.3 Å². The fourth-order valence-corrected chi connectivity index (χ4v) is 1.60. The highest BCUT2D eigenvalue weighted by molar-refractivity contribution is 14.1. The SMILES string of the molecule is NC(=O)c1c(O)cnc(I)c1C(F)F. The minimum Gasteiger partial charge on any atom is -0.505 e. The summed E-state index contributed by atoms with van der Waals surface area (Å²) in [4.78, 5) is 14.3. The first-order valence-electron chi connectivity index (χ1n) is 3.40. The lowest BCUT2D eigenvalue weighted by atomic mass is 10.1. The molecule has 0 unspecified atom stereocenters. The number of nitrogens with two attached hydrogens (primary N) is 1. The number of hydrogen-bond donors (Lipinski definition) is 2. The van der Waals surface area contributed by atoms with Gasteiger partial charge >= 0.3 is 0 Å². The maximum absolute atomic E-state index is 12.5. The number of nitrogens with zero attached hydrogens (tertiary/aromatic N) is 1. The average Bonchev–Trinajstić information content (AvgIpc) is 2.07. The molecule has 0 saturated carbocycles. The summed E-state index contributed by atoms with van der Waals surface area (Å²) in [5.74, 6) is -1.73. The third kappa shape index (κ3) is 1.91. The van der Waals surface area contributed by atoms with Crippen LogP contribution in [0.2, 0.25) is 0 Å². The van der Waals surface area contributed by atoms with Crippen LogP contribution in [0.25, 0.3) is 0 Å². The standard InChI is InChI=1S/C7H5F2IN2O2/c8-5(9)4-3(7(11)14)2(13)1-12-6(4)10/h1,5,13H,(H2,11,14). The monoisotopic (exact) mass is 314 g/mol. The number of rotatable bonds is 2. The Morgan fingerprint density at radius 2 is 2.21 bits per heavy atom. The van der Waals surface area contributed by atoms with Crippen molar-refractivity contribution in [2.75, 3.05) is 0 Å². The molecular formula is C7H5F2IN2O2. The molecule has 1 heterocycles. The molecule has 14 heavy (non-hydrogen) atoms. The molecule has 0 fully saturated rings. The number of aromatic nitrogens is 1. The second-order valence-electron chi connectivity index (χ2n) is 2.39. The van der Waals surface area contributed by atoms with Crippen molar-refractivity contribution in [2.24, 2.45) is 5.73 Å². The van der Waals surface area contributed by atoms with E-state index in [0.29, 0.717) is 0 Å². The summed E-state index contributed by atoms with van der Waals surface area (Å²) in [6.45, 7) is 0. The zero-order valence-electron chi connectivity index (χ0n) is 6.67. The highest BCUT2D eigenvalue weighted by Gasteiger charge is 2.24. The van der Waals surface area contributed by atoms with Crippen LogP contribution >= 0.6 is 22.6 Å². The summed E-state index contributed by atoms with van der Waals surface area (Å²) in [5, 5.41) is 9.14. The number of pyridine rings is 1. The van der Waals surface area contributed by atoms with Gasteiger partial charge in [-0.2, -0.15) is 0 Å². The number of carbonyl (C=O) groups excluding carboxylic acids is 1. The molecule has 1 rings (SSSR count). The Hall–Kier alpha value is -0.990. The van der Waals surface area contributed by atoms with Gasteiger partial charge in [-0.15, -0.1) is 0 Å². The quantitative estimate of drug-likeness (QED) is 0.640. The van der Waals surface area contributed by atoms with Crippen LogP contribution in [0.15, 0.2) is 6.20 Å². The Morgan fingerprint density at radius 3 is 2.57 bits per heavy atom. The van der Waals surface area contributed by atoms with Crippen LogP contribution in [-0.4, -0.2) is 16.0 Å². The summed E-state index contributed by atoms with van der Waals surface area (Å²) in [6, 6.07) is 0. The van der Waals surface area contributed by atoms with Gasteiger partial charge in [0.1, 0.15) is 9.45 Å². The van der Waals surface area contributed by atoms with E-state index in [4.69, 9.17) is 10.8 Å². The normalized spacial score (nSPS) is 10.6. The lowest BCUT2D eigenvalue weighted by Crippen LogP contribution is -2.16. The molecule has 7 heteroatoms. The number of halogens is 3. The van der Waals surface area contributed by atoms with Gasteiger partial charge in [-0.05, 0) is 22.6 Å². The first-order chi connectivity index (χ1) is 6.45. The van der Waals surface area contributed by atoms with Crippen LogP contribution < -0.4 is 5.73 Å². The summed E-state index contributed by atoms with van der Waals surface area (Å²) in [6.07, 6.45) is -1.99. The van der Waals surface area contributed by atoms with E-state index in [2.05, 4.69) is 4.98 Å². The van der Waals surface area contributed by atoms with Crippen LogP contribution in [-0.2, 0) is 0 Å². The summed E-state index contributed by atoms with van der Waals surface area (Å²) in [5.41, 5.74) is 3.66. The Kier molecular flexibility index (Phi) is 3.19. The van der Waals surface area contributed by atoms with Crippen LogP contribution in [0.3, 0.4) is 0 Å². The molecule has 0 aliphatic carbocycles. The van der Waals surface area contributed by atoms with E-state index >= 15 is 0 Å². The fourth-order valence-electron chi connectivity index (χ4n) is 0.951. The van der Waals surface area contributed by atoms with E-state index in [-0.39, 0.29) is 3.70 Å². The molecule has 0 spiro atoms. The predicted molar refractivity (Wildman–Crippen MR) is 52.1 cm³/mol. The Balaban J connectivity index is 3.50. The number of aromatic hydroxyl groups is 1. The molecule has 0 aliphatic rings. The first kappa shape index (κ1) is 11.1. The Morgan fingerprint density at radius 1 is 1.64 bits per heavy atom. The van der Waals surface area contributed by atoms with Gasteiger partial charge in [-0.25, -0.2) is 13.8 Å². The third-order valence-corrected chi connectivity index (χ3v) is 2.37. The predicted octanol–water partition coefficient (Wildman–Crippen LogP) is 1.43. The molecule has 1 aromatic heterocycles. The van der Waals surface area contributed by atoms with Crippen molar-refractivity contribution in [1.82, 2.24) is 4.98 Å². The van der Waals surface area contributed by atoms with Crippen LogP contribution in [0.4, 0.5) is 8.78 Å². The summed E-state index contributed by atoms with van der Waals surface area (Å²) >= 11 is 1.54. The molecule has 0 bridgehead atoms. The molecule has 3 N–H and O–H groups in total. The van der Waals surface area contributed by atoms with Gasteiger partial charge in [0, 0.05) is 0 Å². The smallest absolute Gasteiger partial charge is 0.267 e. The number of primary amides is 1. The molecular weight excluding hydrogens is 309 g/mol.